The number of rotatable bonds is 4. The average molecular weight is 574 g/mol. The summed E-state index contributed by atoms with van der Waals surface area (Å²) < 4.78 is 132. The lowest BCUT2D eigenvalue weighted by Gasteiger charge is -2.23. The Morgan fingerprint density at radius 1 is 0.949 bits per heavy atom. The lowest BCUT2D eigenvalue weighted by Crippen LogP contribution is -2.32. The van der Waals surface area contributed by atoms with Crippen LogP contribution in [0.1, 0.15) is 77.8 Å². The van der Waals surface area contributed by atoms with Crippen molar-refractivity contribution in [1.29, 1.82) is 0 Å². The summed E-state index contributed by atoms with van der Waals surface area (Å²) in [6, 6.07) is -0.628. The van der Waals surface area contributed by atoms with E-state index in [0.29, 0.717) is 17.0 Å². The second-order valence-corrected chi connectivity index (χ2v) is 9.99. The summed E-state index contributed by atoms with van der Waals surface area (Å²) in [5.41, 5.74) is -8.18. The number of esters is 1. The highest BCUT2D eigenvalue weighted by molar-refractivity contribution is 5.93. The van der Waals surface area contributed by atoms with Gasteiger partial charge in [-0.15, -0.1) is 0 Å². The smallest absolute Gasteiger partial charge is 0.419 e. The number of H-pyrrole nitrogens is 1. The third-order valence-electron chi connectivity index (χ3n) is 5.81. The van der Waals surface area contributed by atoms with Crippen molar-refractivity contribution in [2.24, 2.45) is 0 Å². The van der Waals surface area contributed by atoms with E-state index in [4.69, 9.17) is 9.47 Å². The molecular formula is C24H23F9N2O4. The summed E-state index contributed by atoms with van der Waals surface area (Å²) in [6.45, 7) is 5.86. The van der Waals surface area contributed by atoms with E-state index >= 15 is 0 Å². The minimum Gasteiger partial charge on any atom is -0.456 e. The molecule has 0 spiro atoms. The van der Waals surface area contributed by atoms with E-state index in [1.165, 1.54) is 34.6 Å². The number of nitrogens with zero attached hydrogens (tertiary/aromatic N) is 1. The van der Waals surface area contributed by atoms with Crippen molar-refractivity contribution in [3.63, 3.8) is 0 Å². The van der Waals surface area contributed by atoms with Crippen LogP contribution in [0.25, 0.3) is 0 Å². The van der Waals surface area contributed by atoms with Gasteiger partial charge in [0, 0.05) is 11.4 Å². The van der Waals surface area contributed by atoms with Gasteiger partial charge in [0.25, 0.3) is 0 Å². The van der Waals surface area contributed by atoms with Crippen LogP contribution in [0.15, 0.2) is 18.2 Å². The number of ether oxygens (including phenoxy) is 2. The predicted molar refractivity (Wildman–Crippen MR) is 116 cm³/mol. The first-order valence-corrected chi connectivity index (χ1v) is 11.3. The molecule has 0 saturated carbocycles. The zero-order valence-electron chi connectivity index (χ0n) is 21.1. The molecule has 0 radical (unpaired) electrons. The number of alkyl halides is 9. The summed E-state index contributed by atoms with van der Waals surface area (Å²) in [7, 11) is 0. The number of aromatic amines is 1. The Bertz CT molecular complexity index is 1240. The largest absolute Gasteiger partial charge is 0.456 e. The third kappa shape index (κ3) is 6.44. The summed E-state index contributed by atoms with van der Waals surface area (Å²) in [6.07, 6.45) is -18.4. The van der Waals surface area contributed by atoms with E-state index in [9.17, 15) is 49.1 Å². The van der Waals surface area contributed by atoms with Crippen LogP contribution in [-0.4, -0.2) is 33.6 Å². The highest BCUT2D eigenvalue weighted by Crippen LogP contribution is 2.42. The van der Waals surface area contributed by atoms with Crippen molar-refractivity contribution < 1.29 is 58.6 Å². The number of aromatic nitrogens is 1. The van der Waals surface area contributed by atoms with Gasteiger partial charge in [-0.25, -0.2) is 9.59 Å². The number of benzene rings is 1. The normalized spacial score (nSPS) is 18.9. The fraction of sp³-hybridized carbons (Fsp3) is 0.500. The maximum absolute atomic E-state index is 14.1. The molecule has 1 N–H and O–H groups in total. The average Bonchev–Trinajstić information content (AvgIpc) is 3.22. The monoisotopic (exact) mass is 574 g/mol. The van der Waals surface area contributed by atoms with Crippen LogP contribution >= 0.6 is 0 Å². The van der Waals surface area contributed by atoms with Crippen LogP contribution in [-0.2, 0) is 34.5 Å². The molecule has 1 amide bonds. The van der Waals surface area contributed by atoms with Crippen molar-refractivity contribution in [3.8, 4) is 0 Å². The van der Waals surface area contributed by atoms with Crippen molar-refractivity contribution in [2.75, 3.05) is 0 Å². The predicted octanol–water partition coefficient (Wildman–Crippen LogP) is 7.42. The van der Waals surface area contributed by atoms with Crippen molar-refractivity contribution in [2.45, 2.75) is 77.4 Å². The maximum atomic E-state index is 14.1. The molecule has 39 heavy (non-hydrogen) atoms. The summed E-state index contributed by atoms with van der Waals surface area (Å²) in [5.74, 6) is -1.28. The van der Waals surface area contributed by atoms with Gasteiger partial charge in [-0.2, -0.15) is 39.5 Å². The topological polar surface area (TPSA) is 71.6 Å². The first kappa shape index (κ1) is 30.2. The number of hydrogen-bond acceptors (Lipinski definition) is 4. The van der Waals surface area contributed by atoms with Gasteiger partial charge < -0.3 is 14.5 Å². The van der Waals surface area contributed by atoms with Crippen LogP contribution in [0.4, 0.5) is 44.3 Å². The molecule has 1 aromatic carbocycles. The molecule has 1 fully saturated rings. The molecule has 1 aliphatic heterocycles. The van der Waals surface area contributed by atoms with Crippen LogP contribution < -0.4 is 0 Å². The molecule has 2 atom stereocenters. The zero-order chi connectivity index (χ0) is 29.9. The van der Waals surface area contributed by atoms with E-state index < -0.39 is 88.4 Å². The van der Waals surface area contributed by atoms with Gasteiger partial charge in [-0.1, -0.05) is 0 Å². The Morgan fingerprint density at radius 2 is 1.46 bits per heavy atom. The Balaban J connectivity index is 2.02. The molecule has 6 nitrogen and oxygen atoms in total. The second-order valence-electron chi connectivity index (χ2n) is 9.99. The van der Waals surface area contributed by atoms with Gasteiger partial charge in [-0.05, 0) is 58.4 Å². The fourth-order valence-corrected chi connectivity index (χ4v) is 4.18. The number of carbonyl (C=O) groups is 2. The molecular weight excluding hydrogens is 551 g/mol. The highest BCUT2D eigenvalue weighted by atomic mass is 19.4. The van der Waals surface area contributed by atoms with Crippen LogP contribution in [0.2, 0.25) is 0 Å². The number of halogens is 9. The Labute approximate surface area is 216 Å². The molecule has 15 heteroatoms. The van der Waals surface area contributed by atoms with E-state index in [-0.39, 0.29) is 11.8 Å². The molecule has 216 valence electrons. The lowest BCUT2D eigenvalue weighted by molar-refractivity contribution is -0.143. The molecule has 0 bridgehead atoms. The number of cyclic esters (lactones) is 1. The summed E-state index contributed by atoms with van der Waals surface area (Å²) in [4.78, 5) is 28.2. The first-order chi connectivity index (χ1) is 17.5. The van der Waals surface area contributed by atoms with Crippen LogP contribution in [0.5, 0.6) is 0 Å². The molecule has 2 unspecified atom stereocenters. The second kappa shape index (κ2) is 9.66. The van der Waals surface area contributed by atoms with Crippen molar-refractivity contribution >= 4 is 12.1 Å². The van der Waals surface area contributed by atoms with Gasteiger partial charge in [0.1, 0.15) is 11.7 Å². The number of amides is 1. The van der Waals surface area contributed by atoms with Gasteiger partial charge in [-0.3, -0.25) is 4.90 Å². The van der Waals surface area contributed by atoms with Gasteiger partial charge >= 0.3 is 30.6 Å². The molecule has 2 aromatic rings. The molecule has 0 aliphatic carbocycles. The molecule has 1 saturated heterocycles. The third-order valence-corrected chi connectivity index (χ3v) is 5.81. The quantitative estimate of drug-likeness (QED) is 0.305. The van der Waals surface area contributed by atoms with Gasteiger partial charge in [0.05, 0.1) is 34.8 Å². The fourth-order valence-electron chi connectivity index (χ4n) is 4.18. The summed E-state index contributed by atoms with van der Waals surface area (Å²) in [5, 5.41) is 0. The molecule has 2 heterocycles. The van der Waals surface area contributed by atoms with E-state index in [1.807, 2.05) is 0 Å². The van der Waals surface area contributed by atoms with E-state index in [2.05, 4.69) is 4.98 Å². The minimum absolute atomic E-state index is 0.0990. The Kier molecular flexibility index (Phi) is 7.47. The Hall–Kier alpha value is -3.39. The number of carbonyl (C=O) groups excluding carboxylic acids is 2. The number of aryl methyl sites for hydroxylation is 1. The van der Waals surface area contributed by atoms with E-state index in [1.54, 1.807) is 0 Å². The zero-order valence-corrected chi connectivity index (χ0v) is 21.1. The number of nitrogens with one attached hydrogen (secondary N) is 1. The van der Waals surface area contributed by atoms with Gasteiger partial charge in [0.2, 0.25) is 0 Å². The lowest BCUT2D eigenvalue weighted by atomic mass is 9.97. The molecule has 3 rings (SSSR count). The van der Waals surface area contributed by atoms with Gasteiger partial charge in [0.15, 0.2) is 0 Å². The standard InChI is InChI=1S/C24H23F9N2O4/c1-10-16(19(36)39-21(3,4)5)17(24(31,32)33)15(34-10)9-35-11(2)18(38-20(35)37)12-6-13(22(25,26)27)8-14(7-12)23(28,29)30/h6-8,11,18,34H,9H2,1-5H3. The van der Waals surface area contributed by atoms with Crippen LogP contribution in [0.3, 0.4) is 0 Å². The van der Waals surface area contributed by atoms with Crippen LogP contribution in [0, 0.1) is 6.92 Å². The van der Waals surface area contributed by atoms with Crippen molar-refractivity contribution in [1.82, 2.24) is 9.88 Å². The van der Waals surface area contributed by atoms with E-state index in [0.717, 1.165) is 0 Å². The highest BCUT2D eigenvalue weighted by Gasteiger charge is 2.46. The maximum Gasteiger partial charge on any atom is 0.419 e. The SMILES string of the molecule is Cc1[nH]c(CN2C(=O)OC(c3cc(C(F)(F)F)cc(C(F)(F)F)c3)C2C)c(C(F)(F)F)c1C(=O)OC(C)(C)C. The minimum atomic E-state index is -5.16. The Morgan fingerprint density at radius 3 is 1.90 bits per heavy atom. The number of hydrogen-bond donors (Lipinski definition) is 1. The first-order valence-electron chi connectivity index (χ1n) is 11.3. The van der Waals surface area contributed by atoms with Crippen molar-refractivity contribution in [3.05, 3.63) is 57.4 Å². The summed E-state index contributed by atoms with van der Waals surface area (Å²) >= 11 is 0. The molecule has 1 aliphatic rings. The molecule has 1 aromatic heterocycles.